The number of hydrogen-bond donors (Lipinski definition) is 2. The van der Waals surface area contributed by atoms with Crippen molar-refractivity contribution in [3.63, 3.8) is 0 Å². The summed E-state index contributed by atoms with van der Waals surface area (Å²) in [7, 11) is -3.84. The second-order valence-corrected chi connectivity index (χ2v) is 9.53. The molecular weight excluding hydrogens is 460 g/mol. The van der Waals surface area contributed by atoms with E-state index in [9.17, 15) is 18.0 Å². The molecule has 2 aromatic carbocycles. The third kappa shape index (κ3) is 4.71. The van der Waals surface area contributed by atoms with Crippen LogP contribution in [-0.4, -0.2) is 35.6 Å². The number of sulfonamides is 1. The number of rotatable bonds is 7. The monoisotopic (exact) mass is 474 g/mol. The molecule has 0 fully saturated rings. The zero-order valence-corrected chi connectivity index (χ0v) is 18.1. The van der Waals surface area contributed by atoms with E-state index in [1.54, 1.807) is 41.8 Å². The predicted octanol–water partition coefficient (Wildman–Crippen LogP) is 3.35. The van der Waals surface area contributed by atoms with E-state index in [2.05, 4.69) is 18.8 Å². The second kappa shape index (κ2) is 8.79. The predicted molar refractivity (Wildman–Crippen MR) is 118 cm³/mol. The molecule has 4 rings (SSSR count). The number of aromatic nitrogens is 2. The number of benzene rings is 2. The lowest BCUT2D eigenvalue weighted by molar-refractivity contribution is -0.119. The molecule has 0 bridgehead atoms. The molecule has 2 aromatic heterocycles. The zero-order chi connectivity index (χ0) is 21.8. The number of carbonyl (C=O) groups excluding carboxylic acids is 2. The number of nitrogens with one attached hydrogen (secondary N) is 2. The molecule has 4 aromatic rings. The maximum Gasteiger partial charge on any atom is 0.340 e. The van der Waals surface area contributed by atoms with E-state index in [1.165, 1.54) is 18.2 Å². The SMILES string of the molecule is O=C(COC(=O)c1ccccc1NS(=O)(=O)c1cccs1)Nc1cccc2nsnc12. The van der Waals surface area contributed by atoms with Gasteiger partial charge in [0.1, 0.15) is 15.2 Å². The molecule has 0 unspecified atom stereocenters. The first-order valence-electron chi connectivity index (χ1n) is 8.78. The van der Waals surface area contributed by atoms with Gasteiger partial charge in [-0.25, -0.2) is 13.2 Å². The molecule has 9 nitrogen and oxygen atoms in total. The number of thiophene rings is 1. The van der Waals surface area contributed by atoms with Gasteiger partial charge in [0, 0.05) is 0 Å². The Balaban J connectivity index is 1.43. The van der Waals surface area contributed by atoms with Crippen molar-refractivity contribution in [2.75, 3.05) is 16.6 Å². The molecule has 0 saturated heterocycles. The van der Waals surface area contributed by atoms with Crippen molar-refractivity contribution in [3.05, 3.63) is 65.5 Å². The van der Waals surface area contributed by atoms with Gasteiger partial charge in [-0.15, -0.1) is 11.3 Å². The molecule has 0 saturated carbocycles. The highest BCUT2D eigenvalue weighted by atomic mass is 32.2. The number of nitrogens with zero attached hydrogens (tertiary/aromatic N) is 2. The Labute approximate surface area is 185 Å². The van der Waals surface area contributed by atoms with Crippen LogP contribution in [0, 0.1) is 0 Å². The Morgan fingerprint density at radius 2 is 1.77 bits per heavy atom. The van der Waals surface area contributed by atoms with Gasteiger partial charge in [0.15, 0.2) is 6.61 Å². The van der Waals surface area contributed by atoms with Crippen LogP contribution in [-0.2, 0) is 19.6 Å². The van der Waals surface area contributed by atoms with Crippen molar-refractivity contribution in [2.45, 2.75) is 4.21 Å². The Hall–Kier alpha value is -3.35. The Bertz CT molecular complexity index is 1350. The summed E-state index contributed by atoms with van der Waals surface area (Å²) in [6.07, 6.45) is 0. The van der Waals surface area contributed by atoms with Gasteiger partial charge < -0.3 is 10.1 Å². The average Bonchev–Trinajstić information content (AvgIpc) is 3.45. The highest BCUT2D eigenvalue weighted by Gasteiger charge is 2.20. The van der Waals surface area contributed by atoms with Gasteiger partial charge >= 0.3 is 5.97 Å². The van der Waals surface area contributed by atoms with Crippen LogP contribution in [0.4, 0.5) is 11.4 Å². The zero-order valence-electron chi connectivity index (χ0n) is 15.6. The summed E-state index contributed by atoms with van der Waals surface area (Å²) in [5.41, 5.74) is 1.68. The first-order chi connectivity index (χ1) is 14.9. The molecule has 31 heavy (non-hydrogen) atoms. The molecule has 158 valence electrons. The summed E-state index contributed by atoms with van der Waals surface area (Å²) in [6.45, 7) is -0.557. The fourth-order valence-corrected chi connectivity index (χ4v) is 5.29. The topological polar surface area (TPSA) is 127 Å². The molecular formula is C19H14N4O5S3. The average molecular weight is 475 g/mol. The molecule has 2 heterocycles. The summed E-state index contributed by atoms with van der Waals surface area (Å²) in [4.78, 5) is 24.8. The van der Waals surface area contributed by atoms with Crippen LogP contribution >= 0.6 is 23.1 Å². The second-order valence-electron chi connectivity index (χ2n) is 6.15. The Kier molecular flexibility index (Phi) is 5.93. The number of esters is 1. The molecule has 0 spiro atoms. The van der Waals surface area contributed by atoms with Gasteiger partial charge in [-0.05, 0) is 35.7 Å². The third-order valence-electron chi connectivity index (χ3n) is 4.05. The first-order valence-corrected chi connectivity index (χ1v) is 11.9. The van der Waals surface area contributed by atoms with E-state index in [0.717, 1.165) is 23.1 Å². The fourth-order valence-electron chi connectivity index (χ4n) is 2.66. The minimum Gasteiger partial charge on any atom is -0.452 e. The highest BCUT2D eigenvalue weighted by molar-refractivity contribution is 7.94. The van der Waals surface area contributed by atoms with Crippen LogP contribution in [0.1, 0.15) is 10.4 Å². The number of para-hydroxylation sites is 1. The van der Waals surface area contributed by atoms with E-state index in [1.807, 2.05) is 0 Å². The van der Waals surface area contributed by atoms with Crippen molar-refractivity contribution < 1.29 is 22.7 Å². The fraction of sp³-hybridized carbons (Fsp3) is 0.0526. The van der Waals surface area contributed by atoms with Crippen molar-refractivity contribution >= 4 is 67.4 Å². The summed E-state index contributed by atoms with van der Waals surface area (Å²) >= 11 is 2.07. The lowest BCUT2D eigenvalue weighted by atomic mass is 10.2. The largest absolute Gasteiger partial charge is 0.452 e. The number of amides is 1. The number of carbonyl (C=O) groups is 2. The Morgan fingerprint density at radius 1 is 0.968 bits per heavy atom. The van der Waals surface area contributed by atoms with Gasteiger partial charge in [0.05, 0.1) is 28.7 Å². The van der Waals surface area contributed by atoms with Gasteiger partial charge in [-0.2, -0.15) is 8.75 Å². The molecule has 0 aliphatic heterocycles. The minimum absolute atomic E-state index is 0.0127. The normalized spacial score (nSPS) is 11.2. The van der Waals surface area contributed by atoms with Crippen LogP contribution in [0.5, 0.6) is 0 Å². The number of hydrogen-bond acceptors (Lipinski definition) is 9. The van der Waals surface area contributed by atoms with Gasteiger partial charge in [0.25, 0.3) is 15.9 Å². The molecule has 0 atom stereocenters. The van der Waals surface area contributed by atoms with Gasteiger partial charge in [0.2, 0.25) is 0 Å². The summed E-state index contributed by atoms with van der Waals surface area (Å²) in [5.74, 6) is -1.40. The quantitative estimate of drug-likeness (QED) is 0.393. The van der Waals surface area contributed by atoms with E-state index in [-0.39, 0.29) is 15.5 Å². The highest BCUT2D eigenvalue weighted by Crippen LogP contribution is 2.24. The number of fused-ring (bicyclic) bond motifs is 1. The first kappa shape index (κ1) is 20.9. The molecule has 0 radical (unpaired) electrons. The third-order valence-corrected chi connectivity index (χ3v) is 7.35. The van der Waals surface area contributed by atoms with Crippen molar-refractivity contribution in [1.82, 2.24) is 8.75 Å². The molecule has 12 heteroatoms. The van der Waals surface area contributed by atoms with Crippen LogP contribution in [0.3, 0.4) is 0 Å². The van der Waals surface area contributed by atoms with Gasteiger partial charge in [-0.3, -0.25) is 9.52 Å². The maximum absolute atomic E-state index is 12.5. The van der Waals surface area contributed by atoms with E-state index in [0.29, 0.717) is 16.7 Å². The Morgan fingerprint density at radius 3 is 2.58 bits per heavy atom. The van der Waals surface area contributed by atoms with Crippen molar-refractivity contribution in [3.8, 4) is 0 Å². The smallest absolute Gasteiger partial charge is 0.340 e. The van der Waals surface area contributed by atoms with Crippen LogP contribution in [0.15, 0.2) is 64.2 Å². The lowest BCUT2D eigenvalue weighted by Crippen LogP contribution is -2.22. The summed E-state index contributed by atoms with van der Waals surface area (Å²) in [6, 6.07) is 14.2. The van der Waals surface area contributed by atoms with Crippen LogP contribution < -0.4 is 10.0 Å². The summed E-state index contributed by atoms with van der Waals surface area (Å²) < 4.78 is 40.7. The molecule has 2 N–H and O–H groups in total. The molecule has 0 aliphatic rings. The number of ether oxygens (including phenoxy) is 1. The maximum atomic E-state index is 12.5. The van der Waals surface area contributed by atoms with E-state index >= 15 is 0 Å². The van der Waals surface area contributed by atoms with Crippen LogP contribution in [0.2, 0.25) is 0 Å². The van der Waals surface area contributed by atoms with Crippen LogP contribution in [0.25, 0.3) is 11.0 Å². The summed E-state index contributed by atoms with van der Waals surface area (Å²) in [5, 5.41) is 4.26. The molecule has 1 amide bonds. The van der Waals surface area contributed by atoms with E-state index < -0.39 is 28.5 Å². The van der Waals surface area contributed by atoms with Gasteiger partial charge in [-0.1, -0.05) is 24.3 Å². The minimum atomic E-state index is -3.84. The number of anilines is 2. The van der Waals surface area contributed by atoms with Crippen molar-refractivity contribution in [2.24, 2.45) is 0 Å². The van der Waals surface area contributed by atoms with Crippen molar-refractivity contribution in [1.29, 1.82) is 0 Å². The standard InChI is InChI=1S/C19H14N4O5S3/c24-16(20-14-7-3-8-15-18(14)22-30-21-15)11-28-19(25)12-5-1-2-6-13(12)23-31(26,27)17-9-4-10-29-17/h1-10,23H,11H2,(H,20,24). The molecule has 0 aliphatic carbocycles. The van der Waals surface area contributed by atoms with E-state index in [4.69, 9.17) is 4.74 Å². The lowest BCUT2D eigenvalue weighted by Gasteiger charge is -2.11.